The maximum absolute atomic E-state index is 5.04. The zero-order valence-corrected chi connectivity index (χ0v) is 29.2. The summed E-state index contributed by atoms with van der Waals surface area (Å²) in [5.74, 6) is 2.55. The Bertz CT molecular complexity index is 1920. The van der Waals surface area contributed by atoms with Crippen molar-refractivity contribution in [2.75, 3.05) is 4.90 Å². The second-order valence-corrected chi connectivity index (χ2v) is 15.9. The van der Waals surface area contributed by atoms with Crippen LogP contribution in [0.5, 0.6) is 0 Å². The van der Waals surface area contributed by atoms with Crippen LogP contribution in [0.4, 0.5) is 11.4 Å². The summed E-state index contributed by atoms with van der Waals surface area (Å²) in [5, 5.41) is 0. The minimum atomic E-state index is 0.0700. The molecule has 1 atom stereocenters. The lowest BCUT2D eigenvalue weighted by atomic mass is 9.86. The van der Waals surface area contributed by atoms with Crippen LogP contribution >= 0.6 is 11.8 Å². The first-order chi connectivity index (χ1) is 22.4. The van der Waals surface area contributed by atoms with Gasteiger partial charge in [0.15, 0.2) is 17.5 Å². The number of nitrogens with zero attached hydrogens (tertiary/aromatic N) is 4. The molecule has 5 aromatic rings. The fourth-order valence-corrected chi connectivity index (χ4v) is 7.42. The van der Waals surface area contributed by atoms with E-state index in [9.17, 15) is 0 Å². The molecule has 2 aliphatic rings. The molecule has 1 aliphatic heterocycles. The maximum atomic E-state index is 5.04. The number of hydrogen-bond donors (Lipinski definition) is 0. The van der Waals surface area contributed by atoms with E-state index >= 15 is 0 Å². The molecule has 0 saturated heterocycles. The lowest BCUT2D eigenvalue weighted by Gasteiger charge is -2.36. The van der Waals surface area contributed by atoms with Gasteiger partial charge in [0.1, 0.15) is 0 Å². The monoisotopic (exact) mass is 634 g/mol. The summed E-state index contributed by atoms with van der Waals surface area (Å²) >= 11 is 1.91. The third kappa shape index (κ3) is 6.29. The molecular formula is C42H42N4S. The highest BCUT2D eigenvalue weighted by molar-refractivity contribution is 8.03. The lowest BCUT2D eigenvalue weighted by Crippen LogP contribution is -2.22. The van der Waals surface area contributed by atoms with Crippen molar-refractivity contribution in [1.82, 2.24) is 15.0 Å². The zero-order valence-electron chi connectivity index (χ0n) is 28.4. The molecule has 1 aromatic heterocycles. The summed E-state index contributed by atoms with van der Waals surface area (Å²) in [6.45, 7) is 15.7. The van der Waals surface area contributed by atoms with Crippen LogP contribution in [0.2, 0.25) is 0 Å². The van der Waals surface area contributed by atoms with Crippen LogP contribution in [0.1, 0.15) is 66.0 Å². The SMILES string of the molecule is CC1C=CC2=C(C1)Sc1ccccc1N2c1ccc(-c2nc(-c3ccc(C(C)(C)C)cc3)nc(-c3ccc(C(C)(C)C)cc3)n2)cc1. The van der Waals surface area contributed by atoms with E-state index in [2.05, 4.69) is 163 Å². The van der Waals surface area contributed by atoms with Gasteiger partial charge in [0.05, 0.1) is 11.4 Å². The predicted octanol–water partition coefficient (Wildman–Crippen LogP) is 11.5. The molecule has 47 heavy (non-hydrogen) atoms. The first kappa shape index (κ1) is 31.1. The highest BCUT2D eigenvalue weighted by Crippen LogP contribution is 2.50. The van der Waals surface area contributed by atoms with Crippen LogP contribution in [0.15, 0.2) is 125 Å². The lowest BCUT2D eigenvalue weighted by molar-refractivity contribution is 0.590. The number of anilines is 2. The van der Waals surface area contributed by atoms with Crippen molar-refractivity contribution in [3.05, 3.63) is 131 Å². The Morgan fingerprint density at radius 3 is 1.57 bits per heavy atom. The maximum Gasteiger partial charge on any atom is 0.164 e. The molecule has 1 aliphatic carbocycles. The highest BCUT2D eigenvalue weighted by Gasteiger charge is 2.28. The van der Waals surface area contributed by atoms with E-state index in [1.807, 2.05) is 11.8 Å². The molecular weight excluding hydrogens is 593 g/mol. The summed E-state index contributed by atoms with van der Waals surface area (Å²) in [4.78, 5) is 20.2. The summed E-state index contributed by atoms with van der Waals surface area (Å²) in [5.41, 5.74) is 9.21. The number of para-hydroxylation sites is 1. The third-order valence-corrected chi connectivity index (χ3v) is 10.2. The average Bonchev–Trinajstić information content (AvgIpc) is 3.06. The molecule has 7 rings (SSSR count). The topological polar surface area (TPSA) is 41.9 Å². The van der Waals surface area contributed by atoms with Crippen molar-refractivity contribution < 1.29 is 0 Å². The van der Waals surface area contributed by atoms with Crippen LogP contribution < -0.4 is 4.90 Å². The van der Waals surface area contributed by atoms with Crippen LogP contribution in [-0.4, -0.2) is 15.0 Å². The van der Waals surface area contributed by atoms with Gasteiger partial charge in [-0.1, -0.05) is 127 Å². The van der Waals surface area contributed by atoms with Gasteiger partial charge in [-0.05, 0) is 76.8 Å². The molecule has 236 valence electrons. The van der Waals surface area contributed by atoms with Crippen molar-refractivity contribution in [3.8, 4) is 34.2 Å². The third-order valence-electron chi connectivity index (χ3n) is 8.99. The molecule has 4 nitrogen and oxygen atoms in total. The van der Waals surface area contributed by atoms with E-state index in [4.69, 9.17) is 15.0 Å². The van der Waals surface area contributed by atoms with E-state index in [0.717, 1.165) is 28.8 Å². The smallest absolute Gasteiger partial charge is 0.164 e. The first-order valence-electron chi connectivity index (χ1n) is 16.5. The van der Waals surface area contributed by atoms with Gasteiger partial charge >= 0.3 is 0 Å². The molecule has 1 unspecified atom stereocenters. The Balaban J connectivity index is 1.30. The van der Waals surface area contributed by atoms with Crippen LogP contribution in [0.3, 0.4) is 0 Å². The molecule has 4 aromatic carbocycles. The van der Waals surface area contributed by atoms with E-state index in [0.29, 0.717) is 23.4 Å². The number of aromatic nitrogens is 3. The number of rotatable bonds is 4. The molecule has 2 heterocycles. The number of allylic oxidation sites excluding steroid dienone is 3. The van der Waals surface area contributed by atoms with Gasteiger partial charge in [0.25, 0.3) is 0 Å². The second-order valence-electron chi connectivity index (χ2n) is 14.8. The van der Waals surface area contributed by atoms with Gasteiger partial charge in [-0.25, -0.2) is 15.0 Å². The Morgan fingerprint density at radius 1 is 0.617 bits per heavy atom. The molecule has 0 radical (unpaired) electrons. The quantitative estimate of drug-likeness (QED) is 0.197. The number of thioether (sulfide) groups is 1. The summed E-state index contributed by atoms with van der Waals surface area (Å²) in [6.07, 6.45) is 5.68. The number of hydrogen-bond acceptors (Lipinski definition) is 5. The number of fused-ring (bicyclic) bond motifs is 1. The average molecular weight is 635 g/mol. The van der Waals surface area contributed by atoms with Crippen molar-refractivity contribution in [2.24, 2.45) is 5.92 Å². The fraction of sp³-hybridized carbons (Fsp3) is 0.262. The first-order valence-corrected chi connectivity index (χ1v) is 17.3. The molecule has 0 fully saturated rings. The van der Waals surface area contributed by atoms with Gasteiger partial charge in [-0.3, -0.25) is 0 Å². The normalized spacial score (nSPS) is 16.2. The Hall–Kier alpha value is -4.48. The van der Waals surface area contributed by atoms with Crippen LogP contribution in [-0.2, 0) is 10.8 Å². The molecule has 0 saturated carbocycles. The van der Waals surface area contributed by atoms with E-state index in [1.54, 1.807) is 0 Å². The van der Waals surface area contributed by atoms with Crippen molar-refractivity contribution in [3.63, 3.8) is 0 Å². The van der Waals surface area contributed by atoms with Gasteiger partial charge < -0.3 is 4.90 Å². The Kier molecular flexibility index (Phi) is 7.92. The Labute approximate surface area is 283 Å². The van der Waals surface area contributed by atoms with E-state index in [1.165, 1.54) is 32.3 Å². The van der Waals surface area contributed by atoms with Crippen molar-refractivity contribution >= 4 is 23.1 Å². The van der Waals surface area contributed by atoms with E-state index < -0.39 is 0 Å². The standard InChI is InChI=1S/C42H42N4S/c1-27-12-25-35-37(26-27)47-36-11-9-8-10-34(36)46(35)33-23-17-30(18-24-33)40-44-38(28-13-19-31(20-14-28)41(2,3)4)43-39(45-40)29-15-21-32(22-16-29)42(5,6)7/h8-25,27H,26H2,1-7H3. The molecule has 5 heteroatoms. The van der Waals surface area contributed by atoms with E-state index in [-0.39, 0.29) is 10.8 Å². The predicted molar refractivity (Wildman–Crippen MR) is 198 cm³/mol. The van der Waals surface area contributed by atoms with Crippen LogP contribution in [0.25, 0.3) is 34.2 Å². The van der Waals surface area contributed by atoms with Gasteiger partial charge in [0, 0.05) is 32.2 Å². The minimum absolute atomic E-state index is 0.0700. The Morgan fingerprint density at radius 2 is 1.09 bits per heavy atom. The highest BCUT2D eigenvalue weighted by atomic mass is 32.2. The molecule has 0 bridgehead atoms. The zero-order chi connectivity index (χ0) is 32.9. The van der Waals surface area contributed by atoms with Gasteiger partial charge in [0.2, 0.25) is 0 Å². The minimum Gasteiger partial charge on any atom is -0.309 e. The van der Waals surface area contributed by atoms with Crippen molar-refractivity contribution in [2.45, 2.75) is 70.6 Å². The van der Waals surface area contributed by atoms with Gasteiger partial charge in [-0.15, -0.1) is 0 Å². The van der Waals surface area contributed by atoms with Crippen molar-refractivity contribution in [1.29, 1.82) is 0 Å². The fourth-order valence-electron chi connectivity index (χ4n) is 6.14. The second kappa shape index (κ2) is 12.0. The summed E-state index contributed by atoms with van der Waals surface area (Å²) in [6, 6.07) is 34.6. The number of benzene rings is 4. The molecule has 0 amide bonds. The largest absolute Gasteiger partial charge is 0.309 e. The van der Waals surface area contributed by atoms with Crippen LogP contribution in [0, 0.1) is 5.92 Å². The van der Waals surface area contributed by atoms with Gasteiger partial charge in [-0.2, -0.15) is 0 Å². The molecule has 0 N–H and O–H groups in total. The summed E-state index contributed by atoms with van der Waals surface area (Å²) in [7, 11) is 0. The molecule has 0 spiro atoms. The summed E-state index contributed by atoms with van der Waals surface area (Å²) < 4.78 is 0.